The highest BCUT2D eigenvalue weighted by atomic mass is 35.5. The SMILES string of the molecule is COc1cc(Cl)c(-c2c(C)nn3c(NCCNC4CC=CCC4)cc(C)nc23)c(Cl)c1. The molecular formula is C23H27Cl2N5O. The molecule has 2 N–H and O–H groups in total. The normalized spacial score (nSPS) is 16.1. The number of methoxy groups -OCH3 is 1. The van der Waals surface area contributed by atoms with Gasteiger partial charge in [-0.3, -0.25) is 0 Å². The summed E-state index contributed by atoms with van der Waals surface area (Å²) in [6.45, 7) is 5.58. The van der Waals surface area contributed by atoms with E-state index in [0.717, 1.165) is 54.3 Å². The number of nitrogens with zero attached hydrogens (tertiary/aromatic N) is 3. The van der Waals surface area contributed by atoms with Crippen molar-refractivity contribution in [3.8, 4) is 16.9 Å². The van der Waals surface area contributed by atoms with Crippen LogP contribution in [0.1, 0.15) is 30.7 Å². The van der Waals surface area contributed by atoms with Gasteiger partial charge in [-0.15, -0.1) is 0 Å². The van der Waals surface area contributed by atoms with Gasteiger partial charge < -0.3 is 15.4 Å². The van der Waals surface area contributed by atoms with Crippen molar-refractivity contribution in [3.05, 3.63) is 51.8 Å². The van der Waals surface area contributed by atoms with Crippen molar-refractivity contribution in [2.24, 2.45) is 0 Å². The number of nitrogens with one attached hydrogen (secondary N) is 2. The number of allylic oxidation sites excluding steroid dienone is 1. The Morgan fingerprint density at radius 1 is 1.10 bits per heavy atom. The highest BCUT2D eigenvalue weighted by Crippen LogP contribution is 2.41. The largest absolute Gasteiger partial charge is 0.497 e. The first-order valence-electron chi connectivity index (χ1n) is 10.5. The second kappa shape index (κ2) is 9.47. The van der Waals surface area contributed by atoms with Gasteiger partial charge in [0.15, 0.2) is 5.65 Å². The fraction of sp³-hybridized carbons (Fsp3) is 0.391. The molecule has 3 aromatic rings. The molecule has 6 nitrogen and oxygen atoms in total. The van der Waals surface area contributed by atoms with Gasteiger partial charge in [-0.05, 0) is 45.2 Å². The number of hydrogen-bond acceptors (Lipinski definition) is 5. The molecule has 0 aliphatic heterocycles. The van der Waals surface area contributed by atoms with Crippen LogP contribution in [-0.4, -0.2) is 40.8 Å². The molecule has 1 aliphatic carbocycles. The van der Waals surface area contributed by atoms with Crippen LogP contribution in [0.3, 0.4) is 0 Å². The Hall–Kier alpha value is -2.28. The minimum absolute atomic E-state index is 0.505. The average Bonchev–Trinajstić information content (AvgIpc) is 3.07. The van der Waals surface area contributed by atoms with Crippen molar-refractivity contribution in [1.29, 1.82) is 0 Å². The first-order valence-corrected chi connectivity index (χ1v) is 11.3. The van der Waals surface area contributed by atoms with Gasteiger partial charge in [-0.1, -0.05) is 35.4 Å². The maximum Gasteiger partial charge on any atom is 0.165 e. The van der Waals surface area contributed by atoms with Crippen LogP contribution in [0.25, 0.3) is 16.8 Å². The molecular weight excluding hydrogens is 433 g/mol. The summed E-state index contributed by atoms with van der Waals surface area (Å²) in [5.74, 6) is 1.50. The Labute approximate surface area is 192 Å². The van der Waals surface area contributed by atoms with Gasteiger partial charge in [0.1, 0.15) is 11.6 Å². The van der Waals surface area contributed by atoms with Gasteiger partial charge in [-0.2, -0.15) is 9.61 Å². The van der Waals surface area contributed by atoms with E-state index in [2.05, 4.69) is 22.8 Å². The second-order valence-corrected chi connectivity index (χ2v) is 8.62. The fourth-order valence-electron chi connectivity index (χ4n) is 4.02. The molecule has 1 aliphatic rings. The number of anilines is 1. The highest BCUT2D eigenvalue weighted by Gasteiger charge is 2.21. The molecule has 2 heterocycles. The number of ether oxygens (including phenoxy) is 1. The molecule has 4 rings (SSSR count). The lowest BCUT2D eigenvalue weighted by atomic mass is 10.0. The standard InChI is InChI=1S/C23H27Cl2N5O/c1-14-11-20(27-10-9-26-16-7-5-4-6-8-16)30-23(28-14)21(15(2)29-30)22-18(24)12-17(31-3)13-19(22)25/h4-5,11-13,16,26-27H,6-10H2,1-3H3. The zero-order valence-electron chi connectivity index (χ0n) is 18.0. The molecule has 0 saturated carbocycles. The van der Waals surface area contributed by atoms with E-state index in [4.69, 9.17) is 38.0 Å². The van der Waals surface area contributed by atoms with E-state index in [0.29, 0.717) is 27.4 Å². The lowest BCUT2D eigenvalue weighted by Crippen LogP contribution is -2.33. The molecule has 1 atom stereocenters. The Bertz CT molecular complexity index is 1100. The number of fused-ring (bicyclic) bond motifs is 1. The summed E-state index contributed by atoms with van der Waals surface area (Å²) >= 11 is 13.2. The second-order valence-electron chi connectivity index (χ2n) is 7.81. The summed E-state index contributed by atoms with van der Waals surface area (Å²) in [4.78, 5) is 4.75. The molecule has 164 valence electrons. The molecule has 0 spiro atoms. The summed E-state index contributed by atoms with van der Waals surface area (Å²) in [6.07, 6.45) is 7.96. The summed E-state index contributed by atoms with van der Waals surface area (Å²) in [7, 11) is 1.59. The molecule has 31 heavy (non-hydrogen) atoms. The quantitative estimate of drug-likeness (QED) is 0.363. The Balaban J connectivity index is 1.62. The van der Waals surface area contributed by atoms with E-state index < -0.39 is 0 Å². The third-order valence-corrected chi connectivity index (χ3v) is 6.12. The van der Waals surface area contributed by atoms with Crippen LogP contribution < -0.4 is 15.4 Å². The van der Waals surface area contributed by atoms with Crippen LogP contribution >= 0.6 is 23.2 Å². The molecule has 0 saturated heterocycles. The lowest BCUT2D eigenvalue weighted by molar-refractivity contribution is 0.415. The zero-order chi connectivity index (χ0) is 22.0. The van der Waals surface area contributed by atoms with Crippen LogP contribution in [0.15, 0.2) is 30.4 Å². The molecule has 8 heteroatoms. The van der Waals surface area contributed by atoms with E-state index in [1.807, 2.05) is 24.4 Å². The van der Waals surface area contributed by atoms with E-state index in [1.165, 1.54) is 6.42 Å². The third-order valence-electron chi connectivity index (χ3n) is 5.53. The number of aromatic nitrogens is 3. The molecule has 0 bridgehead atoms. The number of rotatable bonds is 7. The molecule has 0 radical (unpaired) electrons. The summed E-state index contributed by atoms with van der Waals surface area (Å²) in [5, 5.41) is 12.9. The fourth-order valence-corrected chi connectivity index (χ4v) is 4.67. The minimum atomic E-state index is 0.505. The predicted molar refractivity (Wildman–Crippen MR) is 128 cm³/mol. The summed E-state index contributed by atoms with van der Waals surface area (Å²) in [6, 6.07) is 6.08. The van der Waals surface area contributed by atoms with Gasteiger partial charge in [0.2, 0.25) is 0 Å². The molecule has 1 aromatic carbocycles. The number of halogens is 2. The molecule has 1 unspecified atom stereocenters. The first-order chi connectivity index (χ1) is 15.0. The number of aryl methyl sites for hydroxylation is 2. The number of benzene rings is 1. The monoisotopic (exact) mass is 459 g/mol. The molecule has 0 amide bonds. The van der Waals surface area contributed by atoms with Gasteiger partial charge in [-0.25, -0.2) is 4.98 Å². The Morgan fingerprint density at radius 2 is 1.87 bits per heavy atom. The van der Waals surface area contributed by atoms with Gasteiger partial charge in [0.25, 0.3) is 0 Å². The minimum Gasteiger partial charge on any atom is -0.497 e. The van der Waals surface area contributed by atoms with Gasteiger partial charge in [0, 0.05) is 36.5 Å². The van der Waals surface area contributed by atoms with Crippen molar-refractivity contribution in [1.82, 2.24) is 19.9 Å². The lowest BCUT2D eigenvalue weighted by Gasteiger charge is -2.19. The van der Waals surface area contributed by atoms with Crippen molar-refractivity contribution < 1.29 is 4.74 Å². The van der Waals surface area contributed by atoms with E-state index in [9.17, 15) is 0 Å². The Morgan fingerprint density at radius 3 is 2.55 bits per heavy atom. The first kappa shape index (κ1) is 21.9. The van der Waals surface area contributed by atoms with Crippen LogP contribution in [0, 0.1) is 13.8 Å². The van der Waals surface area contributed by atoms with Crippen LogP contribution in [0.4, 0.5) is 5.82 Å². The van der Waals surface area contributed by atoms with Crippen molar-refractivity contribution >= 4 is 34.7 Å². The maximum atomic E-state index is 6.58. The van der Waals surface area contributed by atoms with Crippen LogP contribution in [0.2, 0.25) is 10.0 Å². The third kappa shape index (κ3) is 4.66. The molecule has 2 aromatic heterocycles. The van der Waals surface area contributed by atoms with E-state index in [1.54, 1.807) is 19.2 Å². The smallest absolute Gasteiger partial charge is 0.165 e. The van der Waals surface area contributed by atoms with Gasteiger partial charge in [0.05, 0.1) is 28.4 Å². The topological polar surface area (TPSA) is 63.5 Å². The molecule has 0 fully saturated rings. The van der Waals surface area contributed by atoms with E-state index >= 15 is 0 Å². The van der Waals surface area contributed by atoms with E-state index in [-0.39, 0.29) is 0 Å². The Kier molecular flexibility index (Phi) is 6.70. The van der Waals surface area contributed by atoms with Crippen molar-refractivity contribution in [2.75, 3.05) is 25.5 Å². The van der Waals surface area contributed by atoms with Crippen LogP contribution in [0.5, 0.6) is 5.75 Å². The highest BCUT2D eigenvalue weighted by molar-refractivity contribution is 6.39. The van der Waals surface area contributed by atoms with Gasteiger partial charge >= 0.3 is 0 Å². The number of hydrogen-bond donors (Lipinski definition) is 2. The van der Waals surface area contributed by atoms with Crippen molar-refractivity contribution in [2.45, 2.75) is 39.2 Å². The van der Waals surface area contributed by atoms with Crippen LogP contribution in [-0.2, 0) is 0 Å². The maximum absolute atomic E-state index is 6.58. The summed E-state index contributed by atoms with van der Waals surface area (Å²) in [5.41, 5.74) is 3.97. The average molecular weight is 460 g/mol. The van der Waals surface area contributed by atoms with Crippen molar-refractivity contribution in [3.63, 3.8) is 0 Å². The summed E-state index contributed by atoms with van der Waals surface area (Å²) < 4.78 is 7.11. The predicted octanol–water partition coefficient (Wildman–Crippen LogP) is 5.44. The zero-order valence-corrected chi connectivity index (χ0v) is 19.5.